The van der Waals surface area contributed by atoms with Crippen LogP contribution in [0, 0.1) is 22.7 Å². The molecule has 0 saturated heterocycles. The van der Waals surface area contributed by atoms with E-state index in [1.54, 1.807) is 5.57 Å². The number of allylic oxidation sites excluding steroid dienone is 3. The molecule has 22 heavy (non-hydrogen) atoms. The second-order valence-corrected chi connectivity index (χ2v) is 8.49. The van der Waals surface area contributed by atoms with E-state index < -0.39 is 0 Å². The second-order valence-electron chi connectivity index (χ2n) is 8.49. The lowest BCUT2D eigenvalue weighted by atomic mass is 9.51. The van der Waals surface area contributed by atoms with E-state index in [1.165, 1.54) is 37.7 Å². The molecule has 0 spiro atoms. The summed E-state index contributed by atoms with van der Waals surface area (Å²) in [6, 6.07) is 0. The quantitative estimate of drug-likeness (QED) is 0.428. The van der Waals surface area contributed by atoms with E-state index in [0.717, 1.165) is 25.5 Å². The van der Waals surface area contributed by atoms with Crippen molar-refractivity contribution in [1.82, 2.24) is 0 Å². The second kappa shape index (κ2) is 6.72. The number of rotatable bonds is 6. The number of aldehydes is 1. The van der Waals surface area contributed by atoms with Crippen LogP contribution in [0.2, 0.25) is 0 Å². The maximum Gasteiger partial charge on any atom is 0.120 e. The van der Waals surface area contributed by atoms with Crippen LogP contribution in [0.4, 0.5) is 0 Å². The largest absolute Gasteiger partial charge is 0.303 e. The Morgan fingerprint density at radius 3 is 2.82 bits per heavy atom. The fourth-order valence-electron chi connectivity index (χ4n) is 4.98. The highest BCUT2D eigenvalue weighted by Gasteiger charge is 2.48. The van der Waals surface area contributed by atoms with Crippen LogP contribution in [-0.2, 0) is 4.79 Å². The summed E-state index contributed by atoms with van der Waals surface area (Å²) in [5.41, 5.74) is 3.50. The van der Waals surface area contributed by atoms with Crippen LogP contribution >= 0.6 is 0 Å². The van der Waals surface area contributed by atoms with Gasteiger partial charge in [-0.25, -0.2) is 0 Å². The molecular weight excluding hydrogens is 268 g/mol. The molecule has 0 aliphatic heterocycles. The van der Waals surface area contributed by atoms with Crippen molar-refractivity contribution < 1.29 is 4.79 Å². The van der Waals surface area contributed by atoms with Crippen molar-refractivity contribution in [3.8, 4) is 0 Å². The van der Waals surface area contributed by atoms with E-state index in [-0.39, 0.29) is 5.41 Å². The van der Waals surface area contributed by atoms with Crippen LogP contribution in [0.3, 0.4) is 0 Å². The van der Waals surface area contributed by atoms with Gasteiger partial charge in [0.1, 0.15) is 6.29 Å². The molecule has 2 aliphatic rings. The maximum atomic E-state index is 11.3. The molecular formula is C21H34O. The van der Waals surface area contributed by atoms with Gasteiger partial charge in [-0.15, -0.1) is 6.58 Å². The molecule has 0 aromatic carbocycles. The fraction of sp³-hybridized carbons (Fsp3) is 0.762. The van der Waals surface area contributed by atoms with Gasteiger partial charge in [0, 0.05) is 6.42 Å². The van der Waals surface area contributed by atoms with E-state index in [2.05, 4.69) is 40.3 Å². The molecule has 0 radical (unpaired) electrons. The lowest BCUT2D eigenvalue weighted by Crippen LogP contribution is -2.44. The molecule has 1 fully saturated rings. The number of fused-ring (bicyclic) bond motifs is 1. The molecule has 1 nitrogen and oxygen atoms in total. The number of carbonyl (C=O) groups is 1. The lowest BCUT2D eigenvalue weighted by Gasteiger charge is -2.53. The standard InChI is InChI=1S/C21H34O/c1-16(2)8-6-12-20(4)13-7-9-19-18(20)11-10-17(3)21(19,5)14-15-22/h11,15,17,19H,1,6-10,12-14H2,2-5H3/t17-,19-,20-,21-/m0/s1. The number of hydrogen-bond donors (Lipinski definition) is 0. The van der Waals surface area contributed by atoms with Gasteiger partial charge in [0.05, 0.1) is 0 Å². The predicted octanol–water partition coefficient (Wildman–Crippen LogP) is 6.10. The van der Waals surface area contributed by atoms with E-state index in [4.69, 9.17) is 0 Å². The summed E-state index contributed by atoms with van der Waals surface area (Å²) in [6.45, 7) is 13.4. The molecule has 1 heteroatoms. The lowest BCUT2D eigenvalue weighted by molar-refractivity contribution is -0.111. The minimum Gasteiger partial charge on any atom is -0.303 e. The van der Waals surface area contributed by atoms with Crippen molar-refractivity contribution in [2.24, 2.45) is 22.7 Å². The third-order valence-corrected chi connectivity index (χ3v) is 6.76. The average molecular weight is 303 g/mol. The summed E-state index contributed by atoms with van der Waals surface area (Å²) in [5.74, 6) is 1.23. The SMILES string of the molecule is C=C(C)CCC[C@@]1(C)CCC[C@H]2C1=CC[C@H](C)[C@]2(C)CC=O. The van der Waals surface area contributed by atoms with Crippen LogP contribution < -0.4 is 0 Å². The van der Waals surface area contributed by atoms with E-state index >= 15 is 0 Å². The van der Waals surface area contributed by atoms with Gasteiger partial charge >= 0.3 is 0 Å². The van der Waals surface area contributed by atoms with Crippen molar-refractivity contribution in [3.63, 3.8) is 0 Å². The van der Waals surface area contributed by atoms with Gasteiger partial charge in [0.2, 0.25) is 0 Å². The van der Waals surface area contributed by atoms with Gasteiger partial charge in [-0.2, -0.15) is 0 Å². The number of hydrogen-bond acceptors (Lipinski definition) is 1. The molecule has 4 atom stereocenters. The molecule has 124 valence electrons. The zero-order valence-electron chi connectivity index (χ0n) is 15.1. The van der Waals surface area contributed by atoms with Gasteiger partial charge in [-0.1, -0.05) is 44.4 Å². The zero-order valence-corrected chi connectivity index (χ0v) is 15.1. The van der Waals surface area contributed by atoms with Gasteiger partial charge < -0.3 is 4.79 Å². The van der Waals surface area contributed by atoms with Crippen LogP contribution in [0.15, 0.2) is 23.8 Å². The third kappa shape index (κ3) is 3.24. The molecule has 0 amide bonds. The Morgan fingerprint density at radius 2 is 2.18 bits per heavy atom. The first kappa shape index (κ1) is 17.5. The molecule has 1 saturated carbocycles. The minimum absolute atomic E-state index is 0.169. The summed E-state index contributed by atoms with van der Waals surface area (Å²) < 4.78 is 0. The van der Waals surface area contributed by atoms with Gasteiger partial charge in [-0.05, 0) is 68.1 Å². The van der Waals surface area contributed by atoms with Gasteiger partial charge in [-0.3, -0.25) is 0 Å². The Morgan fingerprint density at radius 1 is 1.45 bits per heavy atom. The highest BCUT2D eigenvalue weighted by molar-refractivity contribution is 5.51. The molecule has 0 aromatic heterocycles. The predicted molar refractivity (Wildman–Crippen MR) is 94.8 cm³/mol. The van der Waals surface area contributed by atoms with E-state index in [0.29, 0.717) is 17.3 Å². The Kier molecular flexibility index (Phi) is 5.35. The van der Waals surface area contributed by atoms with Crippen LogP contribution in [0.5, 0.6) is 0 Å². The van der Waals surface area contributed by atoms with Crippen LogP contribution in [0.1, 0.15) is 79.1 Å². The Labute approximate surface area is 137 Å². The maximum absolute atomic E-state index is 11.3. The molecule has 2 rings (SSSR count). The monoisotopic (exact) mass is 302 g/mol. The first-order chi connectivity index (χ1) is 10.3. The molecule has 0 aromatic rings. The summed E-state index contributed by atoms with van der Waals surface area (Å²) in [5, 5.41) is 0. The molecule has 2 aliphatic carbocycles. The van der Waals surface area contributed by atoms with Crippen molar-refractivity contribution >= 4 is 6.29 Å². The van der Waals surface area contributed by atoms with Gasteiger partial charge in [0.15, 0.2) is 0 Å². The highest BCUT2D eigenvalue weighted by atomic mass is 16.1. The van der Waals surface area contributed by atoms with E-state index in [9.17, 15) is 4.79 Å². The summed E-state index contributed by atoms with van der Waals surface area (Å²) in [6.07, 6.45) is 13.1. The Bertz CT molecular complexity index is 461. The first-order valence-electron chi connectivity index (χ1n) is 9.12. The van der Waals surface area contributed by atoms with Crippen molar-refractivity contribution in [3.05, 3.63) is 23.8 Å². The third-order valence-electron chi connectivity index (χ3n) is 6.76. The first-order valence-corrected chi connectivity index (χ1v) is 9.12. The topological polar surface area (TPSA) is 17.1 Å². The van der Waals surface area contributed by atoms with E-state index in [1.807, 2.05) is 0 Å². The average Bonchev–Trinajstić information content (AvgIpc) is 2.44. The smallest absolute Gasteiger partial charge is 0.120 e. The summed E-state index contributed by atoms with van der Waals surface area (Å²) in [7, 11) is 0. The van der Waals surface area contributed by atoms with Crippen molar-refractivity contribution in [2.75, 3.05) is 0 Å². The van der Waals surface area contributed by atoms with Gasteiger partial charge in [0.25, 0.3) is 0 Å². The van der Waals surface area contributed by atoms with Crippen molar-refractivity contribution in [1.29, 1.82) is 0 Å². The normalized spacial score (nSPS) is 38.1. The summed E-state index contributed by atoms with van der Waals surface area (Å²) in [4.78, 5) is 11.3. The Balaban J connectivity index is 2.22. The Hall–Kier alpha value is -0.850. The molecule has 0 heterocycles. The molecule has 0 bridgehead atoms. The minimum atomic E-state index is 0.169. The molecule has 0 unspecified atom stereocenters. The van der Waals surface area contributed by atoms with Crippen LogP contribution in [-0.4, -0.2) is 6.29 Å². The zero-order chi connectivity index (χ0) is 16.4. The summed E-state index contributed by atoms with van der Waals surface area (Å²) >= 11 is 0. The van der Waals surface area contributed by atoms with Crippen molar-refractivity contribution in [2.45, 2.75) is 79.1 Å². The molecule has 0 N–H and O–H groups in total. The fourth-order valence-corrected chi connectivity index (χ4v) is 4.98. The highest BCUT2D eigenvalue weighted by Crippen LogP contribution is 2.58. The van der Waals surface area contributed by atoms with Crippen LogP contribution in [0.25, 0.3) is 0 Å². The number of carbonyl (C=O) groups excluding carboxylic acids is 1.